The zero-order chi connectivity index (χ0) is 21.3. The van der Waals surface area contributed by atoms with Crippen LogP contribution in [0.4, 0.5) is 9.18 Å². The number of fused-ring (bicyclic) bond motifs is 1. The van der Waals surface area contributed by atoms with Crippen molar-refractivity contribution in [2.45, 2.75) is 19.3 Å². The van der Waals surface area contributed by atoms with E-state index < -0.39 is 11.9 Å². The number of carbonyl (C=O) groups is 1. The summed E-state index contributed by atoms with van der Waals surface area (Å²) >= 11 is 0. The normalized spacial score (nSPS) is 19.0. The lowest BCUT2D eigenvalue weighted by Gasteiger charge is -2.30. The van der Waals surface area contributed by atoms with Gasteiger partial charge in [0.25, 0.3) is 0 Å². The Balaban J connectivity index is 1.79. The van der Waals surface area contributed by atoms with Crippen molar-refractivity contribution >= 4 is 17.0 Å². The largest absolute Gasteiger partial charge is 0.507 e. The number of nitrogens with one attached hydrogen (secondary N) is 2. The van der Waals surface area contributed by atoms with Gasteiger partial charge in [0.05, 0.1) is 16.8 Å². The molecular formula is C22H23FN4O3. The predicted octanol–water partition coefficient (Wildman–Crippen LogP) is 3.41. The number of hydrogen-bond acceptors (Lipinski definition) is 5. The van der Waals surface area contributed by atoms with Gasteiger partial charge in [0, 0.05) is 24.4 Å². The number of aromatic nitrogens is 2. The van der Waals surface area contributed by atoms with Crippen LogP contribution in [0.15, 0.2) is 36.4 Å². The molecule has 4 N–H and O–H groups in total. The molecule has 7 nitrogen and oxygen atoms in total. The van der Waals surface area contributed by atoms with Crippen LogP contribution < -0.4 is 10.6 Å². The summed E-state index contributed by atoms with van der Waals surface area (Å²) in [6, 6.07) is 9.98. The van der Waals surface area contributed by atoms with Crippen molar-refractivity contribution in [2.75, 3.05) is 19.6 Å². The Morgan fingerprint density at radius 3 is 2.87 bits per heavy atom. The first-order valence-electron chi connectivity index (χ1n) is 9.86. The number of carboxylic acid groups (broad SMARTS) is 1. The van der Waals surface area contributed by atoms with Gasteiger partial charge in [0.15, 0.2) is 5.82 Å². The van der Waals surface area contributed by atoms with Gasteiger partial charge in [-0.25, -0.2) is 19.2 Å². The topological polar surface area (TPSA) is 107 Å². The molecule has 1 saturated heterocycles. The Morgan fingerprint density at radius 2 is 2.10 bits per heavy atom. The average Bonchev–Trinajstić information content (AvgIpc) is 2.71. The number of aromatic hydroxyl groups is 1. The number of phenolic OH excluding ortho intramolecular Hbond substituents is 1. The van der Waals surface area contributed by atoms with E-state index >= 15 is 0 Å². The van der Waals surface area contributed by atoms with Crippen molar-refractivity contribution in [1.82, 2.24) is 20.6 Å². The molecule has 3 aromatic rings. The molecule has 1 fully saturated rings. The molecule has 1 amide bonds. The van der Waals surface area contributed by atoms with Gasteiger partial charge in [-0.2, -0.15) is 0 Å². The van der Waals surface area contributed by atoms with Gasteiger partial charge in [-0.1, -0.05) is 18.2 Å². The smallest absolute Gasteiger partial charge is 0.404 e. The van der Waals surface area contributed by atoms with Gasteiger partial charge < -0.3 is 20.8 Å². The van der Waals surface area contributed by atoms with Crippen molar-refractivity contribution in [3.8, 4) is 17.1 Å². The highest BCUT2D eigenvalue weighted by Crippen LogP contribution is 2.35. The Morgan fingerprint density at radius 1 is 1.27 bits per heavy atom. The molecule has 2 aromatic carbocycles. The maximum Gasteiger partial charge on any atom is 0.404 e. The van der Waals surface area contributed by atoms with E-state index in [9.17, 15) is 14.3 Å². The summed E-state index contributed by atoms with van der Waals surface area (Å²) in [6.07, 6.45) is -0.312. The number of hydrogen-bond donors (Lipinski definition) is 4. The van der Waals surface area contributed by atoms with E-state index in [-0.39, 0.29) is 29.0 Å². The number of nitrogens with zero attached hydrogens (tertiary/aromatic N) is 2. The molecule has 0 spiro atoms. The fourth-order valence-electron chi connectivity index (χ4n) is 4.05. The third kappa shape index (κ3) is 4.04. The van der Waals surface area contributed by atoms with Crippen molar-refractivity contribution in [2.24, 2.45) is 5.92 Å². The second kappa shape index (κ2) is 8.23. The van der Waals surface area contributed by atoms with Gasteiger partial charge in [-0.15, -0.1) is 0 Å². The molecule has 0 radical (unpaired) electrons. The van der Waals surface area contributed by atoms with E-state index in [1.807, 2.05) is 25.1 Å². The van der Waals surface area contributed by atoms with Crippen LogP contribution in [-0.2, 0) is 0 Å². The summed E-state index contributed by atoms with van der Waals surface area (Å²) in [5, 5.41) is 25.8. The SMILES string of the molecule is Cc1ccc2c(C3CNCC(CNC(=O)O)C3)nc(-c3c(O)cccc3F)nc2c1. The number of benzene rings is 2. The number of piperidine rings is 1. The molecule has 4 rings (SSSR count). The van der Waals surface area contributed by atoms with Crippen LogP contribution in [0.3, 0.4) is 0 Å². The highest BCUT2D eigenvalue weighted by Gasteiger charge is 2.27. The molecule has 0 aliphatic carbocycles. The Hall–Kier alpha value is -3.26. The molecule has 2 atom stereocenters. The third-order valence-corrected chi connectivity index (χ3v) is 5.47. The van der Waals surface area contributed by atoms with Crippen LogP contribution in [0, 0.1) is 18.7 Å². The summed E-state index contributed by atoms with van der Waals surface area (Å²) in [5.41, 5.74) is 2.45. The second-order valence-corrected chi connectivity index (χ2v) is 7.73. The average molecular weight is 410 g/mol. The molecular weight excluding hydrogens is 387 g/mol. The quantitative estimate of drug-likeness (QED) is 0.525. The lowest BCUT2D eigenvalue weighted by atomic mass is 9.86. The standard InChI is InChI=1S/C22H23FN4O3/c1-12-5-6-15-17(7-12)26-21(19-16(23)3-2-4-18(19)28)27-20(15)14-8-13(9-24-11-14)10-25-22(29)30/h2-7,13-14,24-25,28H,8-11H2,1H3,(H,29,30). The Bertz CT molecular complexity index is 1080. The lowest BCUT2D eigenvalue weighted by molar-refractivity contribution is 0.190. The minimum absolute atomic E-state index is 0.000201. The first-order valence-corrected chi connectivity index (χ1v) is 9.86. The van der Waals surface area contributed by atoms with E-state index in [1.54, 1.807) is 0 Å². The molecule has 2 heterocycles. The van der Waals surface area contributed by atoms with Crippen LogP contribution in [0.1, 0.15) is 23.6 Å². The number of phenols is 1. The first-order chi connectivity index (χ1) is 14.4. The molecule has 30 heavy (non-hydrogen) atoms. The number of aryl methyl sites for hydroxylation is 1. The molecule has 8 heteroatoms. The first kappa shape index (κ1) is 20.0. The summed E-state index contributed by atoms with van der Waals surface area (Å²) in [4.78, 5) is 20.1. The maximum atomic E-state index is 14.5. The molecule has 1 aromatic heterocycles. The van der Waals surface area contributed by atoms with E-state index in [1.165, 1.54) is 18.2 Å². The van der Waals surface area contributed by atoms with Gasteiger partial charge in [-0.05, 0) is 49.6 Å². The highest BCUT2D eigenvalue weighted by atomic mass is 19.1. The van der Waals surface area contributed by atoms with Crippen molar-refractivity contribution in [1.29, 1.82) is 0 Å². The van der Waals surface area contributed by atoms with Crippen molar-refractivity contribution < 1.29 is 19.4 Å². The van der Waals surface area contributed by atoms with Crippen LogP contribution in [0.2, 0.25) is 0 Å². The summed E-state index contributed by atoms with van der Waals surface area (Å²) in [7, 11) is 0. The van der Waals surface area contributed by atoms with E-state index in [2.05, 4.69) is 20.6 Å². The molecule has 0 saturated carbocycles. The Labute approximate surface area is 173 Å². The predicted molar refractivity (Wildman–Crippen MR) is 111 cm³/mol. The fraction of sp³-hybridized carbons (Fsp3) is 0.318. The van der Waals surface area contributed by atoms with Gasteiger partial charge in [0.1, 0.15) is 11.6 Å². The molecule has 1 aliphatic heterocycles. The number of rotatable bonds is 4. The van der Waals surface area contributed by atoms with Crippen LogP contribution >= 0.6 is 0 Å². The summed E-state index contributed by atoms with van der Waals surface area (Å²) < 4.78 is 14.5. The molecule has 156 valence electrons. The van der Waals surface area contributed by atoms with Crippen LogP contribution in [0.5, 0.6) is 5.75 Å². The molecule has 2 unspecified atom stereocenters. The fourth-order valence-corrected chi connectivity index (χ4v) is 4.05. The van der Waals surface area contributed by atoms with Crippen LogP contribution in [-0.4, -0.2) is 45.9 Å². The summed E-state index contributed by atoms with van der Waals surface area (Å²) in [6.45, 7) is 3.69. The van der Waals surface area contributed by atoms with E-state index in [4.69, 9.17) is 5.11 Å². The van der Waals surface area contributed by atoms with Crippen LogP contribution in [0.25, 0.3) is 22.3 Å². The van der Waals surface area contributed by atoms with E-state index in [0.29, 0.717) is 25.2 Å². The zero-order valence-corrected chi connectivity index (χ0v) is 16.5. The second-order valence-electron chi connectivity index (χ2n) is 7.73. The minimum atomic E-state index is -1.04. The zero-order valence-electron chi connectivity index (χ0n) is 16.5. The number of amides is 1. The Kier molecular flexibility index (Phi) is 5.50. The van der Waals surface area contributed by atoms with Crippen molar-refractivity contribution in [3.63, 3.8) is 0 Å². The van der Waals surface area contributed by atoms with Gasteiger partial charge in [0.2, 0.25) is 0 Å². The molecule has 0 bridgehead atoms. The monoisotopic (exact) mass is 410 g/mol. The summed E-state index contributed by atoms with van der Waals surface area (Å²) in [5.74, 6) is -0.540. The van der Waals surface area contributed by atoms with Gasteiger partial charge in [-0.3, -0.25) is 0 Å². The minimum Gasteiger partial charge on any atom is -0.507 e. The lowest BCUT2D eigenvalue weighted by Crippen LogP contribution is -2.41. The molecule has 1 aliphatic rings. The third-order valence-electron chi connectivity index (χ3n) is 5.47. The van der Waals surface area contributed by atoms with E-state index in [0.717, 1.165) is 23.1 Å². The maximum absolute atomic E-state index is 14.5. The highest BCUT2D eigenvalue weighted by molar-refractivity contribution is 5.84. The number of halogens is 1. The van der Waals surface area contributed by atoms with Gasteiger partial charge >= 0.3 is 6.09 Å². The van der Waals surface area contributed by atoms with Crippen molar-refractivity contribution in [3.05, 3.63) is 53.5 Å².